The predicted octanol–water partition coefficient (Wildman–Crippen LogP) is 5.77. The monoisotopic (exact) mass is 385 g/mol. The summed E-state index contributed by atoms with van der Waals surface area (Å²) in [6, 6.07) is 1.82. The summed E-state index contributed by atoms with van der Waals surface area (Å²) in [5.74, 6) is -0.000442. The van der Waals surface area contributed by atoms with Crippen LogP contribution in [0.5, 0.6) is 0 Å². The summed E-state index contributed by atoms with van der Waals surface area (Å²) >= 11 is 6.16. The fourth-order valence-electron chi connectivity index (χ4n) is 3.22. The zero-order chi connectivity index (χ0) is 18.8. The molecule has 1 atom stereocenters. The molecule has 0 amide bonds. The first-order chi connectivity index (χ1) is 11.3. The number of epoxide rings is 1. The molecule has 1 saturated heterocycles. The van der Waals surface area contributed by atoms with Crippen molar-refractivity contribution in [2.75, 3.05) is 6.61 Å². The topological polar surface area (TPSA) is 34.6 Å². The van der Waals surface area contributed by atoms with Gasteiger partial charge in [-0.3, -0.25) is 0 Å². The Bertz CT molecular complexity index is 691. The van der Waals surface area contributed by atoms with Crippen molar-refractivity contribution in [2.24, 2.45) is 5.92 Å². The molecule has 3 rings (SSSR count). The highest BCUT2D eigenvalue weighted by molar-refractivity contribution is 6.74. The van der Waals surface area contributed by atoms with Crippen molar-refractivity contribution in [3.8, 4) is 0 Å². The second-order valence-electron chi connectivity index (χ2n) is 9.48. The van der Waals surface area contributed by atoms with Gasteiger partial charge in [0.25, 0.3) is 0 Å². The molecule has 1 aromatic rings. The lowest BCUT2D eigenvalue weighted by atomic mass is 9.93. The molecule has 0 spiro atoms. The van der Waals surface area contributed by atoms with Crippen LogP contribution in [0.4, 0.5) is 4.39 Å². The number of hydrogen-bond acceptors (Lipinski definition) is 3. The molecule has 3 nitrogen and oxygen atoms in total. The molecule has 140 valence electrons. The van der Waals surface area contributed by atoms with E-state index in [1.165, 1.54) is 0 Å². The summed E-state index contributed by atoms with van der Waals surface area (Å²) in [4.78, 5) is 4.31. The minimum absolute atomic E-state index is 0.0369. The Hall–Kier alpha value is -0.493. The van der Waals surface area contributed by atoms with Crippen LogP contribution in [0.25, 0.3) is 0 Å². The molecular weight excluding hydrogens is 357 g/mol. The second-order valence-corrected chi connectivity index (χ2v) is 14.6. The van der Waals surface area contributed by atoms with E-state index in [9.17, 15) is 4.39 Å². The Labute approximate surface area is 156 Å². The molecule has 1 saturated carbocycles. The second kappa shape index (κ2) is 5.75. The van der Waals surface area contributed by atoms with E-state index >= 15 is 0 Å². The summed E-state index contributed by atoms with van der Waals surface area (Å²) in [5.41, 5.74) is 0.0962. The van der Waals surface area contributed by atoms with Gasteiger partial charge in [0.1, 0.15) is 5.60 Å². The fourth-order valence-corrected chi connectivity index (χ4v) is 5.10. The van der Waals surface area contributed by atoms with Gasteiger partial charge in [0.2, 0.25) is 0 Å². The summed E-state index contributed by atoms with van der Waals surface area (Å²) in [6.45, 7) is 15.4. The first kappa shape index (κ1) is 19.3. The van der Waals surface area contributed by atoms with Gasteiger partial charge >= 0.3 is 0 Å². The van der Waals surface area contributed by atoms with Crippen molar-refractivity contribution in [2.45, 2.75) is 76.8 Å². The third kappa shape index (κ3) is 3.41. The minimum atomic E-state index is -2.08. The van der Waals surface area contributed by atoms with Crippen molar-refractivity contribution >= 4 is 19.9 Å². The number of rotatable bonds is 5. The van der Waals surface area contributed by atoms with Gasteiger partial charge in [-0.2, -0.15) is 0 Å². The minimum Gasteiger partial charge on any atom is -0.408 e. The lowest BCUT2D eigenvalue weighted by Crippen LogP contribution is -2.46. The molecule has 0 radical (unpaired) electrons. The molecule has 1 aromatic heterocycles. The van der Waals surface area contributed by atoms with Crippen molar-refractivity contribution in [1.82, 2.24) is 4.98 Å². The van der Waals surface area contributed by atoms with Crippen molar-refractivity contribution < 1.29 is 13.6 Å². The van der Waals surface area contributed by atoms with Crippen molar-refractivity contribution in [3.63, 3.8) is 0 Å². The molecule has 0 aromatic carbocycles. The van der Waals surface area contributed by atoms with E-state index in [1.54, 1.807) is 0 Å². The number of pyridine rings is 1. The quantitative estimate of drug-likeness (QED) is 0.366. The Morgan fingerprint density at radius 2 is 1.84 bits per heavy atom. The van der Waals surface area contributed by atoms with Crippen LogP contribution in [-0.2, 0) is 20.4 Å². The van der Waals surface area contributed by atoms with Crippen molar-refractivity contribution in [1.29, 1.82) is 0 Å². The molecule has 1 aliphatic carbocycles. The van der Waals surface area contributed by atoms with Gasteiger partial charge < -0.3 is 9.16 Å². The third-order valence-corrected chi connectivity index (χ3v) is 10.9. The van der Waals surface area contributed by atoms with Gasteiger partial charge in [0.05, 0.1) is 17.9 Å². The molecule has 0 bridgehead atoms. The van der Waals surface area contributed by atoms with Crippen LogP contribution in [0, 0.1) is 11.7 Å². The predicted molar refractivity (Wildman–Crippen MR) is 101 cm³/mol. The summed E-state index contributed by atoms with van der Waals surface area (Å²) in [7, 11) is -2.08. The lowest BCUT2D eigenvalue weighted by Gasteiger charge is -2.43. The summed E-state index contributed by atoms with van der Waals surface area (Å²) in [5, 5.41) is -0.0511. The standard InChI is InChI=1S/C19H29ClFNO2Si/c1-17(2,3)25(6,7)24-18(4,5)13-10-14(22-16(20)15(13)21)19(11-23-19)12-8-9-12/h10,12H,8-9,11H2,1-7H3. The van der Waals surface area contributed by atoms with Gasteiger partial charge in [-0.1, -0.05) is 32.4 Å². The smallest absolute Gasteiger partial charge is 0.193 e. The zero-order valence-corrected chi connectivity index (χ0v) is 18.1. The molecule has 0 N–H and O–H groups in total. The first-order valence-corrected chi connectivity index (χ1v) is 12.3. The maximum Gasteiger partial charge on any atom is 0.193 e. The number of ether oxygens (including phenoxy) is 1. The fraction of sp³-hybridized carbons (Fsp3) is 0.737. The third-order valence-electron chi connectivity index (χ3n) is 6.01. The average Bonchev–Trinajstić information content (AvgIpc) is 3.32. The normalized spacial score (nSPS) is 24.5. The SMILES string of the molecule is CC(C)(O[Si](C)(C)C(C)(C)C)c1cc(C2(C3CC3)CO2)nc(Cl)c1F. The largest absolute Gasteiger partial charge is 0.408 e. The molecule has 1 aliphatic heterocycles. The maximum atomic E-state index is 14.9. The number of aromatic nitrogens is 1. The van der Waals surface area contributed by atoms with E-state index in [0.717, 1.165) is 18.5 Å². The molecule has 6 heteroatoms. The molecule has 25 heavy (non-hydrogen) atoms. The molecule has 2 fully saturated rings. The van der Waals surface area contributed by atoms with Gasteiger partial charge in [-0.05, 0) is 56.8 Å². The van der Waals surface area contributed by atoms with Gasteiger partial charge in [-0.25, -0.2) is 9.37 Å². The Balaban J connectivity index is 1.99. The Morgan fingerprint density at radius 1 is 1.28 bits per heavy atom. The first-order valence-electron chi connectivity index (χ1n) is 9.01. The van der Waals surface area contributed by atoms with Crippen LogP contribution in [0.15, 0.2) is 6.07 Å². The van der Waals surface area contributed by atoms with Crippen LogP contribution in [0.1, 0.15) is 58.7 Å². The molecular formula is C19H29ClFNO2Si. The van der Waals surface area contributed by atoms with E-state index in [0.29, 0.717) is 18.1 Å². The van der Waals surface area contributed by atoms with Crippen LogP contribution in [-0.4, -0.2) is 19.9 Å². The molecule has 2 aliphatic rings. The van der Waals surface area contributed by atoms with Crippen LogP contribution in [0.2, 0.25) is 23.3 Å². The van der Waals surface area contributed by atoms with Gasteiger partial charge in [0, 0.05) is 5.56 Å². The number of nitrogens with zero attached hydrogens (tertiary/aromatic N) is 1. The summed E-state index contributed by atoms with van der Waals surface area (Å²) in [6.07, 6.45) is 2.27. The molecule has 1 unspecified atom stereocenters. The highest BCUT2D eigenvalue weighted by Crippen LogP contribution is 2.56. The Kier molecular flexibility index (Phi) is 4.43. The van der Waals surface area contributed by atoms with Crippen LogP contribution >= 0.6 is 11.6 Å². The van der Waals surface area contributed by atoms with Gasteiger partial charge in [0.15, 0.2) is 19.3 Å². The number of hydrogen-bond donors (Lipinski definition) is 0. The zero-order valence-electron chi connectivity index (χ0n) is 16.3. The van der Waals surface area contributed by atoms with E-state index < -0.39 is 19.7 Å². The van der Waals surface area contributed by atoms with Crippen molar-refractivity contribution in [3.05, 3.63) is 28.3 Å². The maximum absolute atomic E-state index is 14.9. The molecule has 2 heterocycles. The number of halogens is 2. The average molecular weight is 386 g/mol. The van der Waals surface area contributed by atoms with Crippen LogP contribution < -0.4 is 0 Å². The highest BCUT2D eigenvalue weighted by atomic mass is 35.5. The van der Waals surface area contributed by atoms with Crippen LogP contribution in [0.3, 0.4) is 0 Å². The highest BCUT2D eigenvalue weighted by Gasteiger charge is 2.59. The van der Waals surface area contributed by atoms with E-state index in [2.05, 4.69) is 38.8 Å². The van der Waals surface area contributed by atoms with Gasteiger partial charge in [-0.15, -0.1) is 0 Å². The van der Waals surface area contributed by atoms with E-state index in [-0.39, 0.29) is 15.8 Å². The summed E-state index contributed by atoms with van der Waals surface area (Å²) < 4.78 is 27.2. The lowest BCUT2D eigenvalue weighted by molar-refractivity contribution is 0.0857. The Morgan fingerprint density at radius 3 is 2.28 bits per heavy atom. The van der Waals surface area contributed by atoms with E-state index in [1.807, 2.05) is 19.9 Å². The van der Waals surface area contributed by atoms with E-state index in [4.69, 9.17) is 20.8 Å².